The van der Waals surface area contributed by atoms with Crippen molar-refractivity contribution in [3.8, 4) is 33.9 Å². The van der Waals surface area contributed by atoms with Crippen LogP contribution in [0.25, 0.3) is 55.8 Å². The number of nitrogens with one attached hydrogen (secondary N) is 3. The second kappa shape index (κ2) is 9.47. The maximum Gasteiger partial charge on any atom is 0.224 e. The largest absolute Gasteiger partial charge is 0.336 e. The molecule has 4 heterocycles. The Hall–Kier alpha value is -4.99. The highest BCUT2D eigenvalue weighted by Gasteiger charge is 2.19. The van der Waals surface area contributed by atoms with E-state index < -0.39 is 11.6 Å². The summed E-state index contributed by atoms with van der Waals surface area (Å²) in [6.07, 6.45) is 5.74. The minimum absolute atomic E-state index is 0.131. The van der Waals surface area contributed by atoms with Crippen LogP contribution in [0.1, 0.15) is 19.8 Å². The van der Waals surface area contributed by atoms with Gasteiger partial charge in [-0.05, 0) is 36.8 Å². The number of benzene rings is 2. The van der Waals surface area contributed by atoms with Crippen molar-refractivity contribution in [1.29, 1.82) is 0 Å². The summed E-state index contributed by atoms with van der Waals surface area (Å²) >= 11 is 0. The fourth-order valence-electron chi connectivity index (χ4n) is 4.44. The van der Waals surface area contributed by atoms with Gasteiger partial charge in [-0.15, -0.1) is 0 Å². The Morgan fingerprint density at radius 1 is 0.974 bits per heavy atom. The highest BCUT2D eigenvalue weighted by atomic mass is 19.1. The van der Waals surface area contributed by atoms with Crippen molar-refractivity contribution < 1.29 is 13.6 Å². The summed E-state index contributed by atoms with van der Waals surface area (Å²) in [5.74, 6) is -0.576. The van der Waals surface area contributed by atoms with Crippen molar-refractivity contribution in [3.05, 3.63) is 78.8 Å². The molecule has 3 N–H and O–H groups in total. The Balaban J connectivity index is 1.44. The fourth-order valence-corrected chi connectivity index (χ4v) is 4.44. The van der Waals surface area contributed by atoms with E-state index in [0.29, 0.717) is 74.4 Å². The first-order chi connectivity index (χ1) is 18.5. The zero-order valence-corrected chi connectivity index (χ0v) is 20.2. The molecular formula is C28H21F2N7O. The molecule has 0 spiro atoms. The van der Waals surface area contributed by atoms with Crippen LogP contribution >= 0.6 is 0 Å². The Labute approximate surface area is 215 Å². The fraction of sp³-hybridized carbons (Fsp3) is 0.107. The maximum atomic E-state index is 15.1. The average molecular weight is 510 g/mol. The third-order valence-electron chi connectivity index (χ3n) is 6.21. The molecule has 0 bridgehead atoms. The Bertz CT molecular complexity index is 1830. The molecule has 4 aromatic heterocycles. The van der Waals surface area contributed by atoms with E-state index in [0.717, 1.165) is 0 Å². The van der Waals surface area contributed by atoms with Crippen molar-refractivity contribution in [2.75, 3.05) is 5.32 Å². The van der Waals surface area contributed by atoms with Crippen LogP contribution in [0, 0.1) is 11.6 Å². The maximum absolute atomic E-state index is 15.1. The van der Waals surface area contributed by atoms with Gasteiger partial charge in [0.1, 0.15) is 28.5 Å². The number of rotatable bonds is 6. The van der Waals surface area contributed by atoms with E-state index in [2.05, 4.69) is 30.5 Å². The van der Waals surface area contributed by atoms with Crippen LogP contribution in [0.2, 0.25) is 0 Å². The van der Waals surface area contributed by atoms with Gasteiger partial charge in [-0.3, -0.25) is 19.9 Å². The Morgan fingerprint density at radius 2 is 1.84 bits per heavy atom. The molecule has 0 fully saturated rings. The number of hydrogen-bond acceptors (Lipinski definition) is 5. The number of aromatic nitrogens is 6. The topological polar surface area (TPSA) is 112 Å². The zero-order valence-electron chi connectivity index (χ0n) is 20.2. The monoisotopic (exact) mass is 509 g/mol. The number of nitrogens with zero attached hydrogens (tertiary/aromatic N) is 4. The van der Waals surface area contributed by atoms with Gasteiger partial charge >= 0.3 is 0 Å². The van der Waals surface area contributed by atoms with Crippen molar-refractivity contribution in [2.24, 2.45) is 0 Å². The zero-order chi connectivity index (χ0) is 26.2. The molecule has 0 atom stereocenters. The quantitative estimate of drug-likeness (QED) is 0.246. The van der Waals surface area contributed by atoms with Gasteiger partial charge in [0, 0.05) is 47.0 Å². The number of fused-ring (bicyclic) bond motifs is 2. The number of amides is 1. The van der Waals surface area contributed by atoms with Gasteiger partial charge in [0.2, 0.25) is 5.91 Å². The lowest BCUT2D eigenvalue weighted by molar-refractivity contribution is -0.116. The molecular weight excluding hydrogens is 488 g/mol. The summed E-state index contributed by atoms with van der Waals surface area (Å²) in [4.78, 5) is 28.5. The summed E-state index contributed by atoms with van der Waals surface area (Å²) in [7, 11) is 0. The molecule has 8 nitrogen and oxygen atoms in total. The highest BCUT2D eigenvalue weighted by molar-refractivity contribution is 5.98. The second-order valence-corrected chi connectivity index (χ2v) is 8.83. The molecule has 0 radical (unpaired) electrons. The van der Waals surface area contributed by atoms with Gasteiger partial charge in [-0.2, -0.15) is 5.10 Å². The predicted octanol–water partition coefficient (Wildman–Crippen LogP) is 6.25. The van der Waals surface area contributed by atoms with E-state index in [1.807, 2.05) is 6.92 Å². The van der Waals surface area contributed by atoms with E-state index in [4.69, 9.17) is 4.98 Å². The number of pyridine rings is 2. The van der Waals surface area contributed by atoms with Gasteiger partial charge in [0.05, 0.1) is 22.9 Å². The number of carbonyl (C=O) groups is 1. The number of anilines is 1. The van der Waals surface area contributed by atoms with Crippen LogP contribution in [-0.4, -0.2) is 36.0 Å². The van der Waals surface area contributed by atoms with Gasteiger partial charge in [-0.1, -0.05) is 19.1 Å². The molecule has 10 heteroatoms. The third-order valence-corrected chi connectivity index (χ3v) is 6.21. The lowest BCUT2D eigenvalue weighted by atomic mass is 10.0. The minimum atomic E-state index is -0.470. The standard InChI is InChI=1S/C28H21F2N7O/c1-2-5-24(38)33-16-10-15(13-31-14-16)18-11-19-23(12-21(18)30)36-37-26(19)28-34-22-8-9-32-25(27(22)35-28)17-6-3-4-7-20(17)29/h3-4,6-14H,2,5H2,1H3,(H,33,38)(H,34,35)(H,36,37). The summed E-state index contributed by atoms with van der Waals surface area (Å²) in [6.45, 7) is 1.92. The van der Waals surface area contributed by atoms with E-state index in [-0.39, 0.29) is 5.91 Å². The van der Waals surface area contributed by atoms with E-state index in [1.54, 1.807) is 42.6 Å². The molecule has 38 heavy (non-hydrogen) atoms. The smallest absolute Gasteiger partial charge is 0.224 e. The van der Waals surface area contributed by atoms with Crippen molar-refractivity contribution in [1.82, 2.24) is 30.1 Å². The number of carbonyl (C=O) groups excluding carboxylic acids is 1. The third kappa shape index (κ3) is 4.15. The van der Waals surface area contributed by atoms with Gasteiger partial charge < -0.3 is 10.3 Å². The molecule has 2 aromatic carbocycles. The lowest BCUT2D eigenvalue weighted by Gasteiger charge is -2.08. The minimum Gasteiger partial charge on any atom is -0.336 e. The molecule has 0 aliphatic heterocycles. The molecule has 0 aliphatic carbocycles. The van der Waals surface area contributed by atoms with E-state index in [9.17, 15) is 9.18 Å². The van der Waals surface area contributed by atoms with Gasteiger partial charge in [0.15, 0.2) is 5.82 Å². The van der Waals surface area contributed by atoms with Crippen LogP contribution < -0.4 is 5.32 Å². The summed E-state index contributed by atoms with van der Waals surface area (Å²) in [5, 5.41) is 10.7. The van der Waals surface area contributed by atoms with Crippen LogP contribution in [0.4, 0.5) is 14.5 Å². The van der Waals surface area contributed by atoms with E-state index in [1.165, 1.54) is 24.5 Å². The van der Waals surface area contributed by atoms with Crippen LogP contribution in [0.5, 0.6) is 0 Å². The van der Waals surface area contributed by atoms with Gasteiger partial charge in [0.25, 0.3) is 0 Å². The summed E-state index contributed by atoms with van der Waals surface area (Å²) in [6, 6.07) is 12.8. The Morgan fingerprint density at radius 3 is 2.68 bits per heavy atom. The average Bonchev–Trinajstić information content (AvgIpc) is 3.52. The number of hydrogen-bond donors (Lipinski definition) is 3. The van der Waals surface area contributed by atoms with Crippen molar-refractivity contribution in [2.45, 2.75) is 19.8 Å². The molecule has 6 rings (SSSR count). The molecule has 1 amide bonds. The number of H-pyrrole nitrogens is 2. The molecule has 6 aromatic rings. The van der Waals surface area contributed by atoms with Crippen LogP contribution in [0.3, 0.4) is 0 Å². The summed E-state index contributed by atoms with van der Waals surface area (Å²) in [5.41, 5.74) is 4.13. The van der Waals surface area contributed by atoms with Crippen molar-refractivity contribution in [3.63, 3.8) is 0 Å². The Kier molecular flexibility index (Phi) is 5.83. The molecule has 0 saturated carbocycles. The molecule has 0 saturated heterocycles. The number of aromatic amines is 2. The molecule has 0 aliphatic rings. The predicted molar refractivity (Wildman–Crippen MR) is 141 cm³/mol. The number of halogens is 2. The lowest BCUT2D eigenvalue weighted by Crippen LogP contribution is -2.10. The first-order valence-electron chi connectivity index (χ1n) is 12.0. The van der Waals surface area contributed by atoms with E-state index >= 15 is 4.39 Å². The first kappa shape index (κ1) is 23.4. The molecule has 0 unspecified atom stereocenters. The van der Waals surface area contributed by atoms with Gasteiger partial charge in [-0.25, -0.2) is 13.8 Å². The first-order valence-corrected chi connectivity index (χ1v) is 12.0. The van der Waals surface area contributed by atoms with Crippen molar-refractivity contribution >= 4 is 33.5 Å². The SMILES string of the molecule is CCCC(=O)Nc1cncc(-c2cc3c(-c4nc5c(-c6ccccc6F)nccc5[nH]4)n[nH]c3cc2F)c1. The van der Waals surface area contributed by atoms with Crippen LogP contribution in [0.15, 0.2) is 67.1 Å². The second-order valence-electron chi connectivity index (χ2n) is 8.83. The summed E-state index contributed by atoms with van der Waals surface area (Å²) < 4.78 is 29.7. The molecule has 188 valence electrons. The normalized spacial score (nSPS) is 11.3. The highest BCUT2D eigenvalue weighted by Crippen LogP contribution is 2.34. The number of imidazole rings is 1. The van der Waals surface area contributed by atoms with Crippen LogP contribution in [-0.2, 0) is 4.79 Å².